The molecule has 1 aliphatic heterocycles. The molecule has 0 aliphatic carbocycles. The van der Waals surface area contributed by atoms with Crippen LogP contribution < -0.4 is 5.32 Å². The third-order valence-corrected chi connectivity index (χ3v) is 3.96. The molecule has 0 spiro atoms. The van der Waals surface area contributed by atoms with Gasteiger partial charge in [-0.05, 0) is 18.3 Å². The molecule has 1 rings (SSSR count). The standard InChI is InChI=1S/C13H22N2O4S/c1-9(2)3-10(4-13(18)19)5-14-11(16)6-15-8-20-7-12(15)17/h9-10H,3-8H2,1-2H3,(H,14,16)(H,18,19). The number of amides is 2. The number of nitrogens with zero attached hydrogens (tertiary/aromatic N) is 1. The number of carbonyl (C=O) groups is 3. The maximum atomic E-state index is 11.8. The molecule has 0 aromatic heterocycles. The fourth-order valence-electron chi connectivity index (χ4n) is 2.18. The second-order valence-corrected chi connectivity index (χ2v) is 6.42. The average Bonchev–Trinajstić information content (AvgIpc) is 2.70. The molecule has 6 nitrogen and oxygen atoms in total. The van der Waals surface area contributed by atoms with Gasteiger partial charge in [-0.1, -0.05) is 13.8 Å². The molecule has 1 saturated heterocycles. The second kappa shape index (κ2) is 8.14. The van der Waals surface area contributed by atoms with E-state index in [-0.39, 0.29) is 30.7 Å². The Morgan fingerprint density at radius 1 is 1.45 bits per heavy atom. The highest BCUT2D eigenvalue weighted by Crippen LogP contribution is 2.16. The van der Waals surface area contributed by atoms with Gasteiger partial charge in [-0.25, -0.2) is 0 Å². The molecular weight excluding hydrogens is 280 g/mol. The number of carbonyl (C=O) groups excluding carboxylic acids is 2. The topological polar surface area (TPSA) is 86.7 Å². The lowest BCUT2D eigenvalue weighted by Gasteiger charge is -2.19. The Morgan fingerprint density at radius 2 is 2.15 bits per heavy atom. The SMILES string of the molecule is CC(C)CC(CNC(=O)CN1CSCC1=O)CC(=O)O. The van der Waals surface area contributed by atoms with E-state index in [0.29, 0.717) is 24.1 Å². The summed E-state index contributed by atoms with van der Waals surface area (Å²) >= 11 is 1.49. The molecule has 0 bridgehead atoms. The molecule has 0 saturated carbocycles. The van der Waals surface area contributed by atoms with Crippen molar-refractivity contribution < 1.29 is 19.5 Å². The minimum Gasteiger partial charge on any atom is -0.481 e. The van der Waals surface area contributed by atoms with Crippen molar-refractivity contribution in [2.24, 2.45) is 11.8 Å². The van der Waals surface area contributed by atoms with E-state index in [2.05, 4.69) is 5.32 Å². The third-order valence-electron chi connectivity index (χ3n) is 3.02. The van der Waals surface area contributed by atoms with E-state index < -0.39 is 5.97 Å². The second-order valence-electron chi connectivity index (χ2n) is 5.47. The number of nitrogens with one attached hydrogen (secondary N) is 1. The van der Waals surface area contributed by atoms with Gasteiger partial charge in [-0.3, -0.25) is 14.4 Å². The van der Waals surface area contributed by atoms with Crippen molar-refractivity contribution in [2.75, 3.05) is 24.7 Å². The Hall–Kier alpha value is -1.24. The van der Waals surface area contributed by atoms with E-state index >= 15 is 0 Å². The van der Waals surface area contributed by atoms with Gasteiger partial charge in [0.25, 0.3) is 0 Å². The third kappa shape index (κ3) is 6.27. The van der Waals surface area contributed by atoms with Crippen molar-refractivity contribution in [3.63, 3.8) is 0 Å². The molecule has 2 N–H and O–H groups in total. The normalized spacial score (nSPS) is 16.6. The number of thioether (sulfide) groups is 1. The lowest BCUT2D eigenvalue weighted by molar-refractivity contribution is -0.138. The molecule has 1 atom stereocenters. The number of carboxylic acids is 1. The monoisotopic (exact) mass is 302 g/mol. The van der Waals surface area contributed by atoms with Gasteiger partial charge in [0, 0.05) is 13.0 Å². The van der Waals surface area contributed by atoms with E-state index in [0.717, 1.165) is 6.42 Å². The predicted molar refractivity (Wildman–Crippen MR) is 77.2 cm³/mol. The van der Waals surface area contributed by atoms with E-state index in [1.165, 1.54) is 16.7 Å². The van der Waals surface area contributed by atoms with Crippen molar-refractivity contribution >= 4 is 29.5 Å². The van der Waals surface area contributed by atoms with Crippen molar-refractivity contribution in [1.29, 1.82) is 0 Å². The quantitative estimate of drug-likeness (QED) is 0.691. The Balaban J connectivity index is 2.35. The maximum absolute atomic E-state index is 11.8. The van der Waals surface area contributed by atoms with E-state index in [9.17, 15) is 14.4 Å². The van der Waals surface area contributed by atoms with Crippen LogP contribution in [0.15, 0.2) is 0 Å². The molecule has 1 unspecified atom stereocenters. The Kier molecular flexibility index (Phi) is 6.84. The average molecular weight is 302 g/mol. The largest absolute Gasteiger partial charge is 0.481 e. The molecule has 1 heterocycles. The van der Waals surface area contributed by atoms with Crippen LogP contribution in [0.25, 0.3) is 0 Å². The van der Waals surface area contributed by atoms with E-state index in [4.69, 9.17) is 5.11 Å². The van der Waals surface area contributed by atoms with Crippen molar-refractivity contribution in [2.45, 2.75) is 26.7 Å². The van der Waals surface area contributed by atoms with Crippen LogP contribution in [0.2, 0.25) is 0 Å². The predicted octanol–water partition coefficient (Wildman–Crippen LogP) is 0.773. The van der Waals surface area contributed by atoms with E-state index in [1.54, 1.807) is 0 Å². The summed E-state index contributed by atoms with van der Waals surface area (Å²) < 4.78 is 0. The van der Waals surface area contributed by atoms with E-state index in [1.807, 2.05) is 13.8 Å². The van der Waals surface area contributed by atoms with Gasteiger partial charge >= 0.3 is 5.97 Å². The molecule has 20 heavy (non-hydrogen) atoms. The number of hydrogen-bond acceptors (Lipinski definition) is 4. The van der Waals surface area contributed by atoms with Crippen LogP contribution in [0.3, 0.4) is 0 Å². The summed E-state index contributed by atoms with van der Waals surface area (Å²) in [4.78, 5) is 35.4. The zero-order valence-electron chi connectivity index (χ0n) is 11.9. The molecule has 0 radical (unpaired) electrons. The first kappa shape index (κ1) is 16.8. The maximum Gasteiger partial charge on any atom is 0.303 e. The number of rotatable bonds is 8. The minimum atomic E-state index is -0.851. The summed E-state index contributed by atoms with van der Waals surface area (Å²) in [7, 11) is 0. The van der Waals surface area contributed by atoms with Gasteiger partial charge in [-0.15, -0.1) is 11.8 Å². The first-order chi connectivity index (χ1) is 9.38. The fraction of sp³-hybridized carbons (Fsp3) is 0.769. The van der Waals surface area contributed by atoms with Crippen molar-refractivity contribution in [3.8, 4) is 0 Å². The summed E-state index contributed by atoms with van der Waals surface area (Å²) in [5.74, 6) is 0.206. The van der Waals surface area contributed by atoms with Gasteiger partial charge in [0.15, 0.2) is 0 Å². The lowest BCUT2D eigenvalue weighted by Crippen LogP contribution is -2.40. The minimum absolute atomic E-state index is 0.0191. The van der Waals surface area contributed by atoms with Gasteiger partial charge < -0.3 is 15.3 Å². The zero-order chi connectivity index (χ0) is 15.1. The molecule has 7 heteroatoms. The van der Waals surface area contributed by atoms with Crippen LogP contribution >= 0.6 is 11.8 Å². The Bertz CT molecular complexity index is 373. The van der Waals surface area contributed by atoms with Gasteiger partial charge in [0.2, 0.25) is 11.8 Å². The summed E-state index contributed by atoms with van der Waals surface area (Å²) in [6.45, 7) is 4.46. The summed E-state index contributed by atoms with van der Waals surface area (Å²) in [6, 6.07) is 0. The lowest BCUT2D eigenvalue weighted by atomic mass is 9.94. The Morgan fingerprint density at radius 3 is 2.65 bits per heavy atom. The smallest absolute Gasteiger partial charge is 0.303 e. The van der Waals surface area contributed by atoms with Gasteiger partial charge in [-0.2, -0.15) is 0 Å². The highest BCUT2D eigenvalue weighted by atomic mass is 32.2. The Labute approximate surface area is 123 Å². The van der Waals surface area contributed by atoms with Crippen LogP contribution in [0.5, 0.6) is 0 Å². The van der Waals surface area contributed by atoms with Crippen molar-refractivity contribution in [1.82, 2.24) is 10.2 Å². The number of carboxylic acid groups (broad SMARTS) is 1. The summed E-state index contributed by atoms with van der Waals surface area (Å²) in [5.41, 5.74) is 0. The highest BCUT2D eigenvalue weighted by Gasteiger charge is 2.23. The zero-order valence-corrected chi connectivity index (χ0v) is 12.7. The van der Waals surface area contributed by atoms with Crippen LogP contribution in [-0.2, 0) is 14.4 Å². The molecule has 0 aromatic rings. The van der Waals surface area contributed by atoms with Crippen LogP contribution in [0, 0.1) is 11.8 Å². The molecule has 1 fully saturated rings. The number of hydrogen-bond donors (Lipinski definition) is 2. The molecule has 114 valence electrons. The molecule has 1 aliphatic rings. The molecule has 0 aromatic carbocycles. The number of aliphatic carboxylic acids is 1. The first-order valence-electron chi connectivity index (χ1n) is 6.72. The van der Waals surface area contributed by atoms with Gasteiger partial charge in [0.05, 0.1) is 11.6 Å². The van der Waals surface area contributed by atoms with Gasteiger partial charge in [0.1, 0.15) is 6.54 Å². The molecule has 2 amide bonds. The summed E-state index contributed by atoms with van der Waals surface area (Å²) in [5, 5.41) is 11.6. The van der Waals surface area contributed by atoms with Crippen LogP contribution in [0.4, 0.5) is 0 Å². The first-order valence-corrected chi connectivity index (χ1v) is 7.88. The molecular formula is C13H22N2O4S. The van der Waals surface area contributed by atoms with Crippen LogP contribution in [0.1, 0.15) is 26.7 Å². The fourth-order valence-corrected chi connectivity index (χ4v) is 3.08. The van der Waals surface area contributed by atoms with Crippen LogP contribution in [-0.4, -0.2) is 52.5 Å². The highest BCUT2D eigenvalue weighted by molar-refractivity contribution is 8.00. The van der Waals surface area contributed by atoms with Crippen molar-refractivity contribution in [3.05, 3.63) is 0 Å². The summed E-state index contributed by atoms with van der Waals surface area (Å²) in [6.07, 6.45) is 0.808.